The molecule has 84 valence electrons. The molecule has 0 atom stereocenters. The molecule has 0 aliphatic heterocycles. The van der Waals surface area contributed by atoms with Gasteiger partial charge in [0.25, 0.3) is 0 Å². The molecule has 2 aromatic carbocycles. The van der Waals surface area contributed by atoms with E-state index in [9.17, 15) is 5.21 Å². The zero-order chi connectivity index (χ0) is 11.8. The first-order chi connectivity index (χ1) is 7.48. The number of hydrogen-bond donors (Lipinski definition) is 1. The van der Waals surface area contributed by atoms with Gasteiger partial charge in [-0.1, -0.05) is 30.3 Å². The number of hydrogen-bond acceptors (Lipinski definition) is 2. The molecule has 0 amide bonds. The number of fused-ring (bicyclic) bond motifs is 1. The van der Waals surface area contributed by atoms with Gasteiger partial charge < -0.3 is 0 Å². The Morgan fingerprint density at radius 2 is 1.56 bits per heavy atom. The summed E-state index contributed by atoms with van der Waals surface area (Å²) in [6, 6.07) is 14.1. The van der Waals surface area contributed by atoms with Gasteiger partial charge in [0.1, 0.15) is 0 Å². The maximum absolute atomic E-state index is 10.0. The Balaban J connectivity index is 2.47. The summed E-state index contributed by atoms with van der Waals surface area (Å²) in [6.07, 6.45) is 0. The van der Waals surface area contributed by atoms with E-state index in [4.69, 9.17) is 0 Å². The van der Waals surface area contributed by atoms with E-state index in [1.165, 1.54) is 10.4 Å². The number of rotatable bonds is 1. The van der Waals surface area contributed by atoms with Crippen LogP contribution in [0, 0.1) is 0 Å². The largest absolute Gasteiger partial charge is 0.288 e. The Labute approximate surface area is 96.1 Å². The maximum atomic E-state index is 10.0. The lowest BCUT2D eigenvalue weighted by Crippen LogP contribution is -2.38. The minimum Gasteiger partial charge on any atom is -0.288 e. The quantitative estimate of drug-likeness (QED) is 0.731. The molecule has 2 aromatic rings. The Kier molecular flexibility index (Phi) is 2.60. The maximum Gasteiger partial charge on any atom is 0.0646 e. The molecule has 1 N–H and O–H groups in total. The van der Waals surface area contributed by atoms with Crippen molar-refractivity contribution in [2.75, 3.05) is 5.06 Å². The zero-order valence-corrected chi connectivity index (χ0v) is 9.94. The predicted molar refractivity (Wildman–Crippen MR) is 68.0 cm³/mol. The van der Waals surface area contributed by atoms with Crippen molar-refractivity contribution in [3.63, 3.8) is 0 Å². The second-order valence-corrected chi connectivity index (χ2v) is 5.01. The van der Waals surface area contributed by atoms with Crippen LogP contribution >= 0.6 is 0 Å². The van der Waals surface area contributed by atoms with Gasteiger partial charge in [-0.25, -0.2) is 0 Å². The summed E-state index contributed by atoms with van der Waals surface area (Å²) in [5.74, 6) is 0. The van der Waals surface area contributed by atoms with E-state index < -0.39 is 0 Å². The van der Waals surface area contributed by atoms with Crippen LogP contribution in [0.15, 0.2) is 42.5 Å². The molecule has 0 saturated heterocycles. The number of anilines is 1. The lowest BCUT2D eigenvalue weighted by molar-refractivity contribution is 0.181. The first-order valence-corrected chi connectivity index (χ1v) is 5.46. The normalized spacial score (nSPS) is 11.8. The fraction of sp³-hybridized carbons (Fsp3) is 0.286. The minimum atomic E-state index is -0.289. The fourth-order valence-corrected chi connectivity index (χ4v) is 1.70. The van der Waals surface area contributed by atoms with Crippen molar-refractivity contribution in [1.29, 1.82) is 0 Å². The average Bonchev–Trinajstić information content (AvgIpc) is 2.26. The Morgan fingerprint density at radius 1 is 0.938 bits per heavy atom. The third-order valence-corrected chi connectivity index (χ3v) is 2.61. The summed E-state index contributed by atoms with van der Waals surface area (Å²) in [6.45, 7) is 5.92. The molecule has 0 heterocycles. The lowest BCUT2D eigenvalue weighted by atomic mass is 10.1. The van der Waals surface area contributed by atoms with Crippen LogP contribution in [0.5, 0.6) is 0 Å². The highest BCUT2D eigenvalue weighted by atomic mass is 16.5. The first kappa shape index (κ1) is 11.0. The molecule has 0 bridgehead atoms. The zero-order valence-electron chi connectivity index (χ0n) is 9.94. The van der Waals surface area contributed by atoms with E-state index in [0.717, 1.165) is 11.1 Å². The Morgan fingerprint density at radius 3 is 2.19 bits per heavy atom. The molecular weight excluding hydrogens is 198 g/mol. The number of nitrogens with zero attached hydrogens (tertiary/aromatic N) is 1. The highest BCUT2D eigenvalue weighted by molar-refractivity contribution is 5.85. The SMILES string of the molecule is CC(C)(C)N(O)c1ccc2ccccc2c1. The van der Waals surface area contributed by atoms with Crippen molar-refractivity contribution in [2.45, 2.75) is 26.3 Å². The van der Waals surface area contributed by atoms with Crippen molar-refractivity contribution in [3.8, 4) is 0 Å². The van der Waals surface area contributed by atoms with Crippen LogP contribution in [-0.2, 0) is 0 Å². The van der Waals surface area contributed by atoms with Crippen LogP contribution in [0.2, 0.25) is 0 Å². The standard InChI is InChI=1S/C14H17NO/c1-14(2,3)15(16)13-9-8-11-6-4-5-7-12(11)10-13/h4-10,16H,1-3H3. The molecule has 0 aliphatic carbocycles. The molecule has 2 rings (SSSR count). The monoisotopic (exact) mass is 215 g/mol. The van der Waals surface area contributed by atoms with Crippen LogP contribution in [0.4, 0.5) is 5.69 Å². The Hall–Kier alpha value is -1.54. The van der Waals surface area contributed by atoms with Gasteiger partial charge in [0.2, 0.25) is 0 Å². The smallest absolute Gasteiger partial charge is 0.0646 e. The van der Waals surface area contributed by atoms with Crippen molar-refractivity contribution in [1.82, 2.24) is 0 Å². The van der Waals surface area contributed by atoms with Crippen LogP contribution in [0.3, 0.4) is 0 Å². The van der Waals surface area contributed by atoms with E-state index >= 15 is 0 Å². The van der Waals surface area contributed by atoms with Crippen LogP contribution in [0.1, 0.15) is 20.8 Å². The molecule has 0 saturated carbocycles. The van der Waals surface area contributed by atoms with Crippen molar-refractivity contribution in [3.05, 3.63) is 42.5 Å². The van der Waals surface area contributed by atoms with Crippen molar-refractivity contribution in [2.24, 2.45) is 0 Å². The number of benzene rings is 2. The summed E-state index contributed by atoms with van der Waals surface area (Å²) in [5.41, 5.74) is 0.536. The van der Waals surface area contributed by atoms with Crippen LogP contribution in [-0.4, -0.2) is 10.7 Å². The summed E-state index contributed by atoms with van der Waals surface area (Å²) >= 11 is 0. The summed E-state index contributed by atoms with van der Waals surface area (Å²) in [7, 11) is 0. The highest BCUT2D eigenvalue weighted by Crippen LogP contribution is 2.25. The van der Waals surface area contributed by atoms with Gasteiger partial charge in [-0.3, -0.25) is 10.3 Å². The van der Waals surface area contributed by atoms with E-state index in [2.05, 4.69) is 12.1 Å². The van der Waals surface area contributed by atoms with Gasteiger partial charge in [0.15, 0.2) is 0 Å². The lowest BCUT2D eigenvalue weighted by Gasteiger charge is -2.31. The molecule has 2 nitrogen and oxygen atoms in total. The van der Waals surface area contributed by atoms with E-state index in [0.29, 0.717) is 0 Å². The topological polar surface area (TPSA) is 23.5 Å². The van der Waals surface area contributed by atoms with E-state index in [-0.39, 0.29) is 5.54 Å². The summed E-state index contributed by atoms with van der Waals surface area (Å²) in [4.78, 5) is 0. The van der Waals surface area contributed by atoms with Gasteiger partial charge in [-0.2, -0.15) is 0 Å². The van der Waals surface area contributed by atoms with Gasteiger partial charge in [0, 0.05) is 0 Å². The van der Waals surface area contributed by atoms with Crippen molar-refractivity contribution < 1.29 is 5.21 Å². The molecular formula is C14H17NO. The molecule has 0 aromatic heterocycles. The third-order valence-electron chi connectivity index (χ3n) is 2.61. The van der Waals surface area contributed by atoms with E-state index in [1.54, 1.807) is 0 Å². The average molecular weight is 215 g/mol. The van der Waals surface area contributed by atoms with Gasteiger partial charge in [-0.05, 0) is 43.7 Å². The molecule has 0 fully saturated rings. The Bertz CT molecular complexity index is 499. The highest BCUT2D eigenvalue weighted by Gasteiger charge is 2.19. The van der Waals surface area contributed by atoms with Gasteiger partial charge in [-0.15, -0.1) is 0 Å². The predicted octanol–water partition coefficient (Wildman–Crippen LogP) is 3.83. The summed E-state index contributed by atoms with van der Waals surface area (Å²) < 4.78 is 0. The molecule has 2 heteroatoms. The molecule has 0 aliphatic rings. The van der Waals surface area contributed by atoms with E-state index in [1.807, 2.05) is 51.1 Å². The molecule has 16 heavy (non-hydrogen) atoms. The summed E-state index contributed by atoms with van der Waals surface area (Å²) in [5, 5.41) is 13.7. The number of hydroxylamine groups is 1. The molecule has 0 spiro atoms. The van der Waals surface area contributed by atoms with Gasteiger partial charge >= 0.3 is 0 Å². The first-order valence-electron chi connectivity index (χ1n) is 5.46. The van der Waals surface area contributed by atoms with Gasteiger partial charge in [0.05, 0.1) is 11.2 Å². The van der Waals surface area contributed by atoms with Crippen LogP contribution in [0.25, 0.3) is 10.8 Å². The minimum absolute atomic E-state index is 0.289. The second kappa shape index (κ2) is 3.80. The third kappa shape index (κ3) is 2.02. The fourth-order valence-electron chi connectivity index (χ4n) is 1.70. The van der Waals surface area contributed by atoms with Crippen molar-refractivity contribution >= 4 is 16.5 Å². The molecule has 0 radical (unpaired) electrons. The second-order valence-electron chi connectivity index (χ2n) is 5.01. The molecule has 0 unspecified atom stereocenters. The van der Waals surface area contributed by atoms with Crippen LogP contribution < -0.4 is 5.06 Å².